The average Bonchev–Trinajstić information content (AvgIpc) is 2.86. The van der Waals surface area contributed by atoms with Crippen LogP contribution in [0.5, 0.6) is 0 Å². The number of aliphatic hydroxyl groups excluding tert-OH is 1. The van der Waals surface area contributed by atoms with Crippen molar-refractivity contribution in [3.63, 3.8) is 0 Å². The molecule has 2 N–H and O–H groups in total. The van der Waals surface area contributed by atoms with Gasteiger partial charge in [0.2, 0.25) is 0 Å². The van der Waals surface area contributed by atoms with Crippen LogP contribution < -0.4 is 5.32 Å². The van der Waals surface area contributed by atoms with Gasteiger partial charge >= 0.3 is 0 Å². The smallest absolute Gasteiger partial charge is 0.0751 e. The Bertz CT molecular complexity index is 447. The van der Waals surface area contributed by atoms with Crippen molar-refractivity contribution in [2.45, 2.75) is 105 Å². The zero-order valence-electron chi connectivity index (χ0n) is 18.2. The zero-order chi connectivity index (χ0) is 19.4. The van der Waals surface area contributed by atoms with Gasteiger partial charge in [0.05, 0.1) is 6.10 Å². The van der Waals surface area contributed by atoms with Gasteiger partial charge in [-0.05, 0) is 68.2 Å². The van der Waals surface area contributed by atoms with Gasteiger partial charge < -0.3 is 10.4 Å². The molecule has 0 aliphatic heterocycles. The van der Waals surface area contributed by atoms with E-state index in [0.29, 0.717) is 5.41 Å². The Kier molecular flexibility index (Phi) is 7.80. The number of rotatable bonds is 10. The fraction of sp³-hybridized carbons (Fsp3) is 0.917. The highest BCUT2D eigenvalue weighted by Crippen LogP contribution is 2.65. The lowest BCUT2D eigenvalue weighted by Crippen LogP contribution is -2.59. The van der Waals surface area contributed by atoms with E-state index in [4.69, 9.17) is 0 Å². The Morgan fingerprint density at radius 3 is 2.42 bits per heavy atom. The topological polar surface area (TPSA) is 32.3 Å². The summed E-state index contributed by atoms with van der Waals surface area (Å²) < 4.78 is 0. The van der Waals surface area contributed by atoms with E-state index in [1.807, 2.05) is 6.08 Å². The van der Waals surface area contributed by atoms with Gasteiger partial charge in [-0.1, -0.05) is 60.0 Å². The molecule has 2 rings (SSSR count). The van der Waals surface area contributed by atoms with Gasteiger partial charge in [0, 0.05) is 11.5 Å². The first kappa shape index (κ1) is 22.0. The van der Waals surface area contributed by atoms with Crippen molar-refractivity contribution in [3.8, 4) is 0 Å². The highest BCUT2D eigenvalue weighted by atomic mass is 16.3. The summed E-state index contributed by atoms with van der Waals surface area (Å²) in [6.45, 7) is 16.8. The molecule has 0 amide bonds. The van der Waals surface area contributed by atoms with Gasteiger partial charge in [0.15, 0.2) is 0 Å². The summed E-state index contributed by atoms with van der Waals surface area (Å²) in [5, 5.41) is 14.9. The van der Waals surface area contributed by atoms with Crippen LogP contribution in [0.4, 0.5) is 0 Å². The lowest BCUT2D eigenvalue weighted by Gasteiger charge is -2.55. The molecule has 0 aromatic carbocycles. The van der Waals surface area contributed by atoms with Crippen molar-refractivity contribution >= 4 is 0 Å². The standard InChI is InChI=1S/C24H45NO/c1-7-8-9-17-25-21-14-16-23(5)20(13-15-24(23,6)22(21)26)19(4)12-10-11-18(2)3/h7,18-22,25-26H,1,8-17H2,2-6H3/t19-,20-,21+,22-,23-,24+/m1/s1. The van der Waals surface area contributed by atoms with E-state index in [2.05, 4.69) is 46.5 Å². The third-order valence-corrected chi connectivity index (χ3v) is 8.23. The number of fused-ring (bicyclic) bond motifs is 1. The molecule has 0 spiro atoms. The van der Waals surface area contributed by atoms with Crippen LogP contribution >= 0.6 is 0 Å². The number of nitrogens with one attached hydrogen (secondary N) is 1. The Hall–Kier alpha value is -0.340. The predicted octanol–water partition coefficient (Wildman–Crippen LogP) is 5.95. The summed E-state index contributed by atoms with van der Waals surface area (Å²) >= 11 is 0. The molecule has 0 unspecified atom stereocenters. The van der Waals surface area contributed by atoms with Crippen molar-refractivity contribution in [2.75, 3.05) is 6.54 Å². The predicted molar refractivity (Wildman–Crippen MR) is 113 cm³/mol. The summed E-state index contributed by atoms with van der Waals surface area (Å²) in [5.74, 6) is 2.37. The highest BCUT2D eigenvalue weighted by Gasteiger charge is 2.61. The van der Waals surface area contributed by atoms with Crippen LogP contribution in [0, 0.1) is 28.6 Å². The molecular formula is C24H45NO. The summed E-state index contributed by atoms with van der Waals surface area (Å²) in [6.07, 6.45) is 12.9. The number of unbranched alkanes of at least 4 members (excludes halogenated alkanes) is 1. The van der Waals surface area contributed by atoms with Crippen molar-refractivity contribution in [2.24, 2.45) is 28.6 Å². The van der Waals surface area contributed by atoms with E-state index in [1.165, 1.54) is 38.5 Å². The first-order valence-corrected chi connectivity index (χ1v) is 11.3. The molecule has 0 aromatic heterocycles. The van der Waals surface area contributed by atoms with E-state index in [9.17, 15) is 5.11 Å². The maximum atomic E-state index is 11.3. The summed E-state index contributed by atoms with van der Waals surface area (Å²) in [5.41, 5.74) is 0.362. The molecule has 26 heavy (non-hydrogen) atoms. The van der Waals surface area contributed by atoms with Crippen LogP contribution in [0.15, 0.2) is 12.7 Å². The van der Waals surface area contributed by atoms with Gasteiger partial charge in [-0.25, -0.2) is 0 Å². The molecule has 2 aliphatic carbocycles. The number of hydrogen-bond acceptors (Lipinski definition) is 2. The molecule has 2 aliphatic rings. The van der Waals surface area contributed by atoms with Crippen LogP contribution in [0.1, 0.15) is 92.4 Å². The van der Waals surface area contributed by atoms with Crippen molar-refractivity contribution < 1.29 is 5.11 Å². The monoisotopic (exact) mass is 363 g/mol. The van der Waals surface area contributed by atoms with Gasteiger partial charge in [-0.3, -0.25) is 0 Å². The normalized spacial score (nSPS) is 38.3. The van der Waals surface area contributed by atoms with E-state index in [1.54, 1.807) is 0 Å². The molecule has 2 nitrogen and oxygen atoms in total. The van der Waals surface area contributed by atoms with E-state index >= 15 is 0 Å². The first-order chi connectivity index (χ1) is 12.3. The minimum atomic E-state index is -0.210. The number of hydrogen-bond donors (Lipinski definition) is 2. The fourth-order valence-electron chi connectivity index (χ4n) is 6.21. The van der Waals surface area contributed by atoms with Gasteiger partial charge in [-0.15, -0.1) is 6.58 Å². The molecule has 152 valence electrons. The SMILES string of the molecule is C=CCCCN[C@H]1CC[C@]2(C)[C@@H]([C@H](C)CCCC(C)C)CC[C@@]2(C)[C@@H]1O. The Balaban J connectivity index is 1.98. The quantitative estimate of drug-likeness (QED) is 0.371. The van der Waals surface area contributed by atoms with Gasteiger partial charge in [0.25, 0.3) is 0 Å². The Morgan fingerprint density at radius 1 is 1.08 bits per heavy atom. The lowest BCUT2D eigenvalue weighted by atomic mass is 9.53. The van der Waals surface area contributed by atoms with Crippen LogP contribution in [-0.2, 0) is 0 Å². The van der Waals surface area contributed by atoms with Crippen molar-refractivity contribution in [3.05, 3.63) is 12.7 Å². The van der Waals surface area contributed by atoms with Gasteiger partial charge in [-0.2, -0.15) is 0 Å². The summed E-state index contributed by atoms with van der Waals surface area (Å²) in [4.78, 5) is 0. The van der Waals surface area contributed by atoms with Crippen LogP contribution in [0.2, 0.25) is 0 Å². The largest absolute Gasteiger partial charge is 0.391 e. The number of aliphatic hydroxyl groups is 1. The Morgan fingerprint density at radius 2 is 1.77 bits per heavy atom. The van der Waals surface area contributed by atoms with E-state index in [0.717, 1.165) is 43.6 Å². The number of allylic oxidation sites excluding steroid dienone is 1. The van der Waals surface area contributed by atoms with E-state index in [-0.39, 0.29) is 17.6 Å². The third-order valence-electron chi connectivity index (χ3n) is 8.23. The lowest BCUT2D eigenvalue weighted by molar-refractivity contribution is -0.113. The van der Waals surface area contributed by atoms with Crippen molar-refractivity contribution in [1.82, 2.24) is 5.32 Å². The molecule has 0 saturated heterocycles. The molecule has 2 saturated carbocycles. The second-order valence-corrected chi connectivity index (χ2v) is 10.3. The van der Waals surface area contributed by atoms with Crippen LogP contribution in [0.25, 0.3) is 0 Å². The summed E-state index contributed by atoms with van der Waals surface area (Å²) in [7, 11) is 0. The maximum Gasteiger partial charge on any atom is 0.0751 e. The Labute approximate surface area is 163 Å². The molecule has 6 atom stereocenters. The minimum absolute atomic E-state index is 0.0678. The molecule has 2 heteroatoms. The minimum Gasteiger partial charge on any atom is -0.391 e. The first-order valence-electron chi connectivity index (χ1n) is 11.3. The molecule has 0 radical (unpaired) electrons. The fourth-order valence-corrected chi connectivity index (χ4v) is 6.21. The summed E-state index contributed by atoms with van der Waals surface area (Å²) in [6, 6.07) is 0.271. The highest BCUT2D eigenvalue weighted by molar-refractivity contribution is 5.12. The second-order valence-electron chi connectivity index (χ2n) is 10.3. The molecule has 0 aromatic rings. The molecular weight excluding hydrogens is 318 g/mol. The van der Waals surface area contributed by atoms with Crippen molar-refractivity contribution in [1.29, 1.82) is 0 Å². The van der Waals surface area contributed by atoms with Gasteiger partial charge in [0.1, 0.15) is 0 Å². The van der Waals surface area contributed by atoms with Crippen LogP contribution in [0.3, 0.4) is 0 Å². The average molecular weight is 364 g/mol. The zero-order valence-corrected chi connectivity index (χ0v) is 18.2. The van der Waals surface area contributed by atoms with Crippen LogP contribution in [-0.4, -0.2) is 23.8 Å². The maximum absolute atomic E-state index is 11.3. The molecule has 2 fully saturated rings. The molecule has 0 heterocycles. The third kappa shape index (κ3) is 4.38. The second kappa shape index (κ2) is 9.24. The van der Waals surface area contributed by atoms with E-state index < -0.39 is 0 Å². The molecule has 0 bridgehead atoms.